The number of rotatable bonds is 3. The molecule has 1 heterocycles. The number of benzene rings is 1. The van der Waals surface area contributed by atoms with Crippen molar-refractivity contribution in [3.05, 3.63) is 35.4 Å². The van der Waals surface area contributed by atoms with Gasteiger partial charge in [-0.1, -0.05) is 24.3 Å². The van der Waals surface area contributed by atoms with E-state index in [-0.39, 0.29) is 12.5 Å². The molecule has 0 bridgehead atoms. The van der Waals surface area contributed by atoms with E-state index in [4.69, 9.17) is 5.11 Å². The Morgan fingerprint density at radius 1 is 1.40 bits per heavy atom. The van der Waals surface area contributed by atoms with E-state index in [2.05, 4.69) is 5.32 Å². The number of aliphatic carboxylic acids is 1. The maximum absolute atomic E-state index is 11.1. The quantitative estimate of drug-likeness (QED) is 0.719. The third-order valence-electron chi connectivity index (χ3n) is 2.60. The second kappa shape index (κ2) is 3.82. The van der Waals surface area contributed by atoms with Gasteiger partial charge >= 0.3 is 5.97 Å². The zero-order chi connectivity index (χ0) is 10.8. The molecule has 1 aliphatic rings. The first kappa shape index (κ1) is 9.86. The fourth-order valence-electron chi connectivity index (χ4n) is 1.83. The predicted molar refractivity (Wildman–Crippen MR) is 53.3 cm³/mol. The molecule has 0 saturated heterocycles. The predicted octanol–water partition coefficient (Wildman–Crippen LogP) is 0.875. The number of carboxylic acids is 1. The van der Waals surface area contributed by atoms with Crippen molar-refractivity contribution in [2.24, 2.45) is 0 Å². The van der Waals surface area contributed by atoms with E-state index in [9.17, 15) is 9.59 Å². The lowest BCUT2D eigenvalue weighted by molar-refractivity contribution is -0.149. The van der Waals surface area contributed by atoms with Gasteiger partial charge in [0, 0.05) is 19.0 Å². The molecule has 1 atom stereocenters. The van der Waals surface area contributed by atoms with E-state index in [1.807, 2.05) is 24.3 Å². The SMILES string of the molecule is O=C(O)C(=O)CC1NCc2ccccc21. The first-order valence-electron chi connectivity index (χ1n) is 4.76. The van der Waals surface area contributed by atoms with Gasteiger partial charge in [-0.3, -0.25) is 4.79 Å². The van der Waals surface area contributed by atoms with Crippen LogP contribution in [0.2, 0.25) is 0 Å². The van der Waals surface area contributed by atoms with Crippen LogP contribution >= 0.6 is 0 Å². The normalized spacial score (nSPS) is 18.5. The lowest BCUT2D eigenvalue weighted by atomic mass is 10.0. The lowest BCUT2D eigenvalue weighted by Gasteiger charge is -2.08. The molecule has 0 fully saturated rings. The summed E-state index contributed by atoms with van der Waals surface area (Å²) in [5.74, 6) is -2.11. The van der Waals surface area contributed by atoms with E-state index >= 15 is 0 Å². The van der Waals surface area contributed by atoms with Crippen molar-refractivity contribution < 1.29 is 14.7 Å². The largest absolute Gasteiger partial charge is 0.476 e. The second-order valence-electron chi connectivity index (χ2n) is 3.56. The lowest BCUT2D eigenvalue weighted by Crippen LogP contribution is -2.21. The minimum absolute atomic E-state index is 0.0202. The van der Waals surface area contributed by atoms with Gasteiger partial charge in [0.1, 0.15) is 0 Å². The van der Waals surface area contributed by atoms with Crippen molar-refractivity contribution in [3.8, 4) is 0 Å². The van der Waals surface area contributed by atoms with Crippen LogP contribution in [0, 0.1) is 0 Å². The van der Waals surface area contributed by atoms with E-state index in [1.54, 1.807) is 0 Å². The average molecular weight is 205 g/mol. The van der Waals surface area contributed by atoms with Gasteiger partial charge < -0.3 is 10.4 Å². The Labute approximate surface area is 86.9 Å². The summed E-state index contributed by atoms with van der Waals surface area (Å²) in [5.41, 5.74) is 2.17. The van der Waals surface area contributed by atoms with Gasteiger partial charge in [0.2, 0.25) is 5.78 Å². The third-order valence-corrected chi connectivity index (χ3v) is 2.60. The number of hydrogen-bond acceptors (Lipinski definition) is 3. The van der Waals surface area contributed by atoms with E-state index < -0.39 is 11.8 Å². The molecule has 4 nitrogen and oxygen atoms in total. The molecule has 0 radical (unpaired) electrons. The van der Waals surface area contributed by atoms with Gasteiger partial charge in [0.05, 0.1) is 0 Å². The van der Waals surface area contributed by atoms with Gasteiger partial charge in [-0.15, -0.1) is 0 Å². The molecule has 0 amide bonds. The molecule has 78 valence electrons. The van der Waals surface area contributed by atoms with Crippen LogP contribution in [-0.2, 0) is 16.1 Å². The molecule has 1 aliphatic heterocycles. The summed E-state index contributed by atoms with van der Waals surface area (Å²) in [6.07, 6.45) is 0.0202. The Balaban J connectivity index is 2.14. The molecule has 1 unspecified atom stereocenters. The average Bonchev–Trinajstić information content (AvgIpc) is 2.62. The fourth-order valence-corrected chi connectivity index (χ4v) is 1.83. The van der Waals surface area contributed by atoms with Crippen molar-refractivity contribution >= 4 is 11.8 Å². The Morgan fingerprint density at radius 2 is 2.13 bits per heavy atom. The van der Waals surface area contributed by atoms with Crippen LogP contribution in [0.1, 0.15) is 23.6 Å². The second-order valence-corrected chi connectivity index (χ2v) is 3.56. The van der Waals surface area contributed by atoms with Gasteiger partial charge in [-0.05, 0) is 11.1 Å². The van der Waals surface area contributed by atoms with Crippen LogP contribution < -0.4 is 5.32 Å². The molecule has 1 aromatic rings. The highest BCUT2D eigenvalue weighted by Gasteiger charge is 2.25. The van der Waals surface area contributed by atoms with Crippen LogP contribution in [0.4, 0.5) is 0 Å². The van der Waals surface area contributed by atoms with Crippen molar-refractivity contribution in [2.75, 3.05) is 0 Å². The molecule has 0 aromatic heterocycles. The number of carbonyl (C=O) groups excluding carboxylic acids is 1. The highest BCUT2D eigenvalue weighted by atomic mass is 16.4. The summed E-state index contributed by atoms with van der Waals surface area (Å²) < 4.78 is 0. The van der Waals surface area contributed by atoms with Gasteiger partial charge in [-0.25, -0.2) is 4.79 Å². The van der Waals surface area contributed by atoms with Gasteiger partial charge in [0.15, 0.2) is 0 Å². The third kappa shape index (κ3) is 1.89. The summed E-state index contributed by atoms with van der Waals surface area (Å²) in [5, 5.41) is 11.6. The van der Waals surface area contributed by atoms with Crippen LogP contribution in [0.15, 0.2) is 24.3 Å². The number of ketones is 1. The topological polar surface area (TPSA) is 66.4 Å². The number of hydrogen-bond donors (Lipinski definition) is 2. The van der Waals surface area contributed by atoms with Gasteiger partial charge in [-0.2, -0.15) is 0 Å². The van der Waals surface area contributed by atoms with Gasteiger partial charge in [0.25, 0.3) is 0 Å². The summed E-state index contributed by atoms with van der Waals surface area (Å²) in [4.78, 5) is 21.5. The van der Waals surface area contributed by atoms with Crippen LogP contribution in [0.5, 0.6) is 0 Å². The highest BCUT2D eigenvalue weighted by molar-refractivity contribution is 6.32. The number of Topliss-reactive ketones (excluding diaryl/α,β-unsaturated/α-hetero) is 1. The van der Waals surface area contributed by atoms with Crippen LogP contribution in [-0.4, -0.2) is 16.9 Å². The number of carbonyl (C=O) groups is 2. The molecule has 0 aliphatic carbocycles. The van der Waals surface area contributed by atoms with E-state index in [1.165, 1.54) is 0 Å². The van der Waals surface area contributed by atoms with E-state index in [0.29, 0.717) is 6.54 Å². The summed E-state index contributed by atoms with van der Waals surface area (Å²) >= 11 is 0. The molecule has 2 N–H and O–H groups in total. The molecular weight excluding hydrogens is 194 g/mol. The summed E-state index contributed by atoms with van der Waals surface area (Å²) in [6.45, 7) is 0.702. The Hall–Kier alpha value is -1.68. The van der Waals surface area contributed by atoms with Crippen molar-refractivity contribution in [3.63, 3.8) is 0 Å². The summed E-state index contributed by atoms with van der Waals surface area (Å²) in [6, 6.07) is 7.58. The molecule has 4 heteroatoms. The smallest absolute Gasteiger partial charge is 0.372 e. The molecule has 1 aromatic carbocycles. The monoisotopic (exact) mass is 205 g/mol. The first-order valence-corrected chi connectivity index (χ1v) is 4.76. The maximum Gasteiger partial charge on any atom is 0.372 e. The van der Waals surface area contributed by atoms with Crippen molar-refractivity contribution in [1.29, 1.82) is 0 Å². The van der Waals surface area contributed by atoms with E-state index in [0.717, 1.165) is 11.1 Å². The maximum atomic E-state index is 11.1. The number of nitrogens with one attached hydrogen (secondary N) is 1. The standard InChI is InChI=1S/C11H11NO3/c13-10(11(14)15)5-9-8-4-2-1-3-7(8)6-12-9/h1-4,9,12H,5-6H2,(H,14,15). The molecular formula is C11H11NO3. The van der Waals surface area contributed by atoms with Crippen molar-refractivity contribution in [1.82, 2.24) is 5.32 Å². The Morgan fingerprint density at radius 3 is 2.87 bits per heavy atom. The zero-order valence-electron chi connectivity index (χ0n) is 8.06. The van der Waals surface area contributed by atoms with Crippen LogP contribution in [0.3, 0.4) is 0 Å². The molecule has 0 saturated carbocycles. The molecule has 2 rings (SSSR count). The number of carboxylic acid groups (broad SMARTS) is 1. The minimum Gasteiger partial charge on any atom is -0.476 e. The molecule has 15 heavy (non-hydrogen) atoms. The van der Waals surface area contributed by atoms with Crippen LogP contribution in [0.25, 0.3) is 0 Å². The Kier molecular flexibility index (Phi) is 2.51. The minimum atomic E-state index is -1.36. The zero-order valence-corrected chi connectivity index (χ0v) is 8.06. The summed E-state index contributed by atoms with van der Waals surface area (Å²) in [7, 11) is 0. The van der Waals surface area contributed by atoms with Crippen molar-refractivity contribution in [2.45, 2.75) is 19.0 Å². The first-order chi connectivity index (χ1) is 7.18. The highest BCUT2D eigenvalue weighted by Crippen LogP contribution is 2.27. The fraction of sp³-hybridized carbons (Fsp3) is 0.273. The number of fused-ring (bicyclic) bond motifs is 1. The Bertz CT molecular complexity index is 414. The molecule has 0 spiro atoms.